The molecule has 164 valence electrons. The number of halogens is 2. The second-order valence-electron chi connectivity index (χ2n) is 8.39. The van der Waals surface area contributed by atoms with E-state index in [1.54, 1.807) is 19.2 Å². The van der Waals surface area contributed by atoms with Crippen molar-refractivity contribution in [3.8, 4) is 22.6 Å². The lowest BCUT2D eigenvalue weighted by Gasteiger charge is -2.23. The number of ether oxygens (including phenoxy) is 4. The van der Waals surface area contributed by atoms with Crippen molar-refractivity contribution in [2.24, 2.45) is 0 Å². The van der Waals surface area contributed by atoms with Gasteiger partial charge in [0.15, 0.2) is 11.5 Å². The Hall–Kier alpha value is -1.63. The number of methoxy groups -OCH3 is 1. The summed E-state index contributed by atoms with van der Waals surface area (Å²) in [6, 6.07) is 6.47. The molecule has 3 rings (SSSR count). The smallest absolute Gasteiger partial charge is 0.170 e. The maximum absolute atomic E-state index is 13.6. The fourth-order valence-electron chi connectivity index (χ4n) is 3.82. The summed E-state index contributed by atoms with van der Waals surface area (Å²) < 4.78 is 37.7. The van der Waals surface area contributed by atoms with E-state index in [0.717, 1.165) is 27.8 Å². The Balaban J connectivity index is 2.07. The van der Waals surface area contributed by atoms with Crippen molar-refractivity contribution in [3.63, 3.8) is 0 Å². The zero-order valence-corrected chi connectivity index (χ0v) is 19.9. The van der Waals surface area contributed by atoms with Gasteiger partial charge in [0.1, 0.15) is 18.0 Å². The molecule has 2 aromatic carbocycles. The van der Waals surface area contributed by atoms with Crippen LogP contribution in [0.5, 0.6) is 11.5 Å². The molecular weight excluding hydrogens is 451 g/mol. The first-order valence-corrected chi connectivity index (χ1v) is 11.1. The summed E-state index contributed by atoms with van der Waals surface area (Å²) >= 11 is 3.85. The van der Waals surface area contributed by atoms with Crippen LogP contribution in [0.2, 0.25) is 0 Å². The molecule has 0 fully saturated rings. The van der Waals surface area contributed by atoms with Gasteiger partial charge in [-0.25, -0.2) is 4.39 Å². The predicted octanol–water partition coefficient (Wildman–Crippen LogP) is 6.13. The van der Waals surface area contributed by atoms with Crippen molar-refractivity contribution in [1.82, 2.24) is 0 Å². The van der Waals surface area contributed by atoms with Crippen LogP contribution in [-0.2, 0) is 15.9 Å². The number of hydrogen-bond acceptors (Lipinski definition) is 4. The van der Waals surface area contributed by atoms with E-state index in [0.29, 0.717) is 32.2 Å². The average molecular weight is 481 g/mol. The third kappa shape index (κ3) is 4.98. The van der Waals surface area contributed by atoms with Crippen molar-refractivity contribution in [2.45, 2.75) is 45.6 Å². The lowest BCUT2D eigenvalue weighted by Crippen LogP contribution is -2.25. The van der Waals surface area contributed by atoms with Crippen LogP contribution in [0.25, 0.3) is 11.1 Å². The van der Waals surface area contributed by atoms with Gasteiger partial charge in [-0.05, 0) is 59.0 Å². The molecule has 0 N–H and O–H groups in total. The van der Waals surface area contributed by atoms with E-state index < -0.39 is 0 Å². The molecule has 0 bridgehead atoms. The van der Waals surface area contributed by atoms with Gasteiger partial charge in [0.2, 0.25) is 0 Å². The quantitative estimate of drug-likeness (QED) is 0.404. The van der Waals surface area contributed by atoms with E-state index in [1.165, 1.54) is 23.3 Å². The molecule has 0 radical (unpaired) electrons. The summed E-state index contributed by atoms with van der Waals surface area (Å²) in [5.74, 6) is 1.47. The molecule has 1 aliphatic rings. The average Bonchev–Trinajstić information content (AvgIpc) is 2.99. The first-order chi connectivity index (χ1) is 14.2. The third-order valence-electron chi connectivity index (χ3n) is 5.09. The molecule has 1 heterocycles. The van der Waals surface area contributed by atoms with Gasteiger partial charge in [-0.2, -0.15) is 0 Å². The fraction of sp³-hybridized carbons (Fsp3) is 0.500. The highest BCUT2D eigenvalue weighted by atomic mass is 79.9. The van der Waals surface area contributed by atoms with Crippen LogP contribution in [0, 0.1) is 5.82 Å². The topological polar surface area (TPSA) is 36.9 Å². The van der Waals surface area contributed by atoms with Crippen molar-refractivity contribution in [1.29, 1.82) is 0 Å². The largest absolute Gasteiger partial charge is 0.487 e. The molecule has 0 amide bonds. The van der Waals surface area contributed by atoms with Crippen LogP contribution < -0.4 is 9.47 Å². The second kappa shape index (κ2) is 9.67. The van der Waals surface area contributed by atoms with Gasteiger partial charge in [0.05, 0.1) is 19.8 Å². The van der Waals surface area contributed by atoms with E-state index in [9.17, 15) is 4.39 Å². The van der Waals surface area contributed by atoms with Gasteiger partial charge in [-0.3, -0.25) is 0 Å². The zero-order valence-electron chi connectivity index (χ0n) is 18.3. The van der Waals surface area contributed by atoms with Crippen LogP contribution >= 0.6 is 15.9 Å². The van der Waals surface area contributed by atoms with Crippen molar-refractivity contribution < 1.29 is 23.3 Å². The maximum atomic E-state index is 13.6. The molecule has 0 spiro atoms. The lowest BCUT2D eigenvalue weighted by atomic mass is 9.88. The highest BCUT2D eigenvalue weighted by Crippen LogP contribution is 2.54. The lowest BCUT2D eigenvalue weighted by molar-refractivity contribution is 0.0532. The van der Waals surface area contributed by atoms with Crippen molar-refractivity contribution in [2.75, 3.05) is 33.5 Å². The molecule has 0 atom stereocenters. The van der Waals surface area contributed by atoms with Gasteiger partial charge in [0.25, 0.3) is 0 Å². The van der Waals surface area contributed by atoms with E-state index in [1.807, 2.05) is 0 Å². The highest BCUT2D eigenvalue weighted by molar-refractivity contribution is 9.10. The second-order valence-corrected chi connectivity index (χ2v) is 9.19. The minimum Gasteiger partial charge on any atom is -0.487 e. The molecule has 6 heteroatoms. The number of fused-ring (bicyclic) bond motifs is 1. The minimum absolute atomic E-state index is 0.272. The summed E-state index contributed by atoms with van der Waals surface area (Å²) in [6.07, 6.45) is 0.804. The van der Waals surface area contributed by atoms with Crippen molar-refractivity contribution in [3.05, 3.63) is 45.7 Å². The van der Waals surface area contributed by atoms with Crippen LogP contribution in [0.15, 0.2) is 28.7 Å². The Morgan fingerprint density at radius 2 is 1.77 bits per heavy atom. The molecule has 0 saturated carbocycles. The fourth-order valence-corrected chi connectivity index (χ4v) is 4.93. The Morgan fingerprint density at radius 3 is 2.40 bits per heavy atom. The van der Waals surface area contributed by atoms with E-state index in [2.05, 4.69) is 43.6 Å². The predicted molar refractivity (Wildman–Crippen MR) is 120 cm³/mol. The normalized spacial score (nSPS) is 14.7. The maximum Gasteiger partial charge on any atom is 0.170 e. The Morgan fingerprint density at radius 1 is 1.10 bits per heavy atom. The van der Waals surface area contributed by atoms with E-state index in [4.69, 9.17) is 18.9 Å². The summed E-state index contributed by atoms with van der Waals surface area (Å²) in [7, 11) is 1.64. The number of hydrogen-bond donors (Lipinski definition) is 0. The first-order valence-electron chi connectivity index (χ1n) is 10.3. The summed E-state index contributed by atoms with van der Waals surface area (Å²) in [5.41, 5.74) is 3.81. The Kier molecular flexibility index (Phi) is 7.43. The van der Waals surface area contributed by atoms with Crippen LogP contribution in [0.3, 0.4) is 0 Å². The molecule has 0 aromatic heterocycles. The molecule has 1 aliphatic heterocycles. The number of benzene rings is 2. The van der Waals surface area contributed by atoms with Gasteiger partial charge >= 0.3 is 0 Å². The first kappa shape index (κ1) is 23.0. The summed E-state index contributed by atoms with van der Waals surface area (Å²) in [5, 5.41) is 0. The SMILES string of the molecule is COCCOCCOc1c2c(c(C(C)C)c(Br)c1-c1ccc(F)cc1)CC(C)(C)O2. The van der Waals surface area contributed by atoms with Gasteiger partial charge in [0, 0.05) is 29.1 Å². The molecule has 30 heavy (non-hydrogen) atoms. The van der Waals surface area contributed by atoms with Gasteiger partial charge in [-0.1, -0.05) is 26.0 Å². The zero-order chi connectivity index (χ0) is 21.9. The standard InChI is InChI=1S/C24H30BrFO4/c1-15(2)19-18-14-24(3,4)30-22(18)23(29-13-12-28-11-10-27-5)20(21(19)25)16-6-8-17(26)9-7-16/h6-9,15H,10-14H2,1-5H3. The number of rotatable bonds is 9. The summed E-state index contributed by atoms with van der Waals surface area (Å²) in [4.78, 5) is 0. The highest BCUT2D eigenvalue weighted by Gasteiger charge is 2.38. The van der Waals surface area contributed by atoms with Gasteiger partial charge < -0.3 is 18.9 Å². The molecule has 4 nitrogen and oxygen atoms in total. The molecule has 2 aromatic rings. The monoisotopic (exact) mass is 480 g/mol. The van der Waals surface area contributed by atoms with Crippen LogP contribution in [0.4, 0.5) is 4.39 Å². The molecule has 0 aliphatic carbocycles. The Bertz CT molecular complexity index is 878. The van der Waals surface area contributed by atoms with E-state index >= 15 is 0 Å². The molecule has 0 saturated heterocycles. The minimum atomic E-state index is -0.320. The summed E-state index contributed by atoms with van der Waals surface area (Å²) in [6.45, 7) is 10.4. The van der Waals surface area contributed by atoms with Gasteiger partial charge in [-0.15, -0.1) is 0 Å². The van der Waals surface area contributed by atoms with Crippen LogP contribution in [-0.4, -0.2) is 39.1 Å². The van der Waals surface area contributed by atoms with E-state index in [-0.39, 0.29) is 17.3 Å². The molecule has 0 unspecified atom stereocenters. The third-order valence-corrected chi connectivity index (χ3v) is 5.91. The molecular formula is C24H30BrFO4. The van der Waals surface area contributed by atoms with Crippen LogP contribution in [0.1, 0.15) is 44.7 Å². The van der Waals surface area contributed by atoms with Crippen molar-refractivity contribution >= 4 is 15.9 Å². The Labute approximate surface area is 186 Å².